The summed E-state index contributed by atoms with van der Waals surface area (Å²) in [5.74, 6) is 0. The van der Waals surface area contributed by atoms with Crippen LogP contribution in [-0.2, 0) is 24.9 Å². The first kappa shape index (κ1) is 31.2. The van der Waals surface area contributed by atoms with Gasteiger partial charge in [0.25, 0.3) is 0 Å². The third-order valence-electron chi connectivity index (χ3n) is 7.48. The number of nitrogens with one attached hydrogen (secondary N) is 3. The molecule has 0 saturated heterocycles. The normalized spacial score (nSPS) is 22.6. The number of benzene rings is 1. The number of anilines is 1. The van der Waals surface area contributed by atoms with Crippen LogP contribution in [0.15, 0.2) is 29.3 Å². The Morgan fingerprint density at radius 3 is 2.10 bits per heavy atom. The largest absolute Gasteiger partial charge is 0.447 e. The number of rotatable bonds is 8. The minimum Gasteiger partial charge on any atom is -0.447 e. The van der Waals surface area contributed by atoms with Crippen LogP contribution >= 0.6 is 11.3 Å². The molecule has 0 unspecified atom stereocenters. The van der Waals surface area contributed by atoms with Crippen molar-refractivity contribution in [3.63, 3.8) is 0 Å². The lowest BCUT2D eigenvalue weighted by Crippen LogP contribution is -2.58. The lowest BCUT2D eigenvalue weighted by molar-refractivity contribution is 0.0560. The fourth-order valence-electron chi connectivity index (χ4n) is 5.64. The summed E-state index contributed by atoms with van der Waals surface area (Å²) in [5.41, 5.74) is -0.216. The highest BCUT2D eigenvalue weighted by Gasteiger charge is 2.51. The molecule has 1 aromatic heterocycles. The summed E-state index contributed by atoms with van der Waals surface area (Å²) < 4.78 is 40.4. The Bertz CT molecular complexity index is 1370. The molecule has 1 aromatic carbocycles. The van der Waals surface area contributed by atoms with Crippen molar-refractivity contribution >= 4 is 39.2 Å². The van der Waals surface area contributed by atoms with Crippen molar-refractivity contribution in [3.8, 4) is 10.4 Å². The van der Waals surface area contributed by atoms with Gasteiger partial charge in [-0.25, -0.2) is 27.7 Å². The van der Waals surface area contributed by atoms with Crippen LogP contribution < -0.4 is 15.4 Å². The number of alkyl carbamates (subject to hydrolysis) is 1. The number of amides is 2. The molecule has 0 aliphatic heterocycles. The van der Waals surface area contributed by atoms with Gasteiger partial charge in [0.2, 0.25) is 10.0 Å². The summed E-state index contributed by atoms with van der Waals surface area (Å²) in [6, 6.07) is 4.83. The lowest BCUT2D eigenvalue weighted by Gasteiger charge is -2.52. The molecule has 2 aromatic rings. The molecular formula is C29H42N4O6S2. The first-order valence-electron chi connectivity index (χ1n) is 14.1. The molecule has 2 bridgehead atoms. The molecule has 41 heavy (non-hydrogen) atoms. The molecule has 0 spiro atoms. The van der Waals surface area contributed by atoms with Crippen LogP contribution in [0.1, 0.15) is 92.0 Å². The van der Waals surface area contributed by atoms with Crippen molar-refractivity contribution in [3.05, 3.63) is 29.4 Å². The number of carbonyl (C=O) groups excluding carboxylic acids is 2. The number of fused-ring (bicyclic) bond motifs is 3. The molecule has 1 heterocycles. The Morgan fingerprint density at radius 2 is 1.54 bits per heavy atom. The van der Waals surface area contributed by atoms with Crippen LogP contribution in [0.25, 0.3) is 10.4 Å². The van der Waals surface area contributed by atoms with E-state index in [9.17, 15) is 18.0 Å². The van der Waals surface area contributed by atoms with Crippen LogP contribution in [0.2, 0.25) is 0 Å². The van der Waals surface area contributed by atoms with E-state index in [0.717, 1.165) is 48.4 Å². The average molecular weight is 607 g/mol. The predicted octanol–water partition coefficient (Wildman–Crippen LogP) is 6.32. The molecule has 10 nitrogen and oxygen atoms in total. The second kappa shape index (κ2) is 11.5. The van der Waals surface area contributed by atoms with Crippen molar-refractivity contribution in [1.82, 2.24) is 15.0 Å². The maximum atomic E-state index is 13.6. The van der Waals surface area contributed by atoms with E-state index < -0.39 is 21.7 Å². The van der Waals surface area contributed by atoms with E-state index in [2.05, 4.69) is 15.4 Å². The summed E-state index contributed by atoms with van der Waals surface area (Å²) in [6.45, 7) is 12.5. The van der Waals surface area contributed by atoms with E-state index in [1.165, 1.54) is 17.4 Å². The van der Waals surface area contributed by atoms with E-state index in [1.807, 2.05) is 13.8 Å². The summed E-state index contributed by atoms with van der Waals surface area (Å²) in [7, 11) is -3.95. The van der Waals surface area contributed by atoms with Gasteiger partial charge in [0, 0.05) is 33.9 Å². The van der Waals surface area contributed by atoms with Crippen molar-refractivity contribution < 1.29 is 27.5 Å². The lowest BCUT2D eigenvalue weighted by atomic mass is 9.57. The van der Waals surface area contributed by atoms with Crippen LogP contribution in [0.5, 0.6) is 0 Å². The SMILES string of the molecule is CC(C)OC(=O)Nc1ccc(-c2cnc(C34CCC(NC(=O)OC(C)C)(CC3)CC4)s2)c(S(=O)(=O)NC(C)(C)C)c1. The molecule has 0 radical (unpaired) electrons. The third-order valence-corrected chi connectivity index (χ3v) is 10.6. The topological polar surface area (TPSA) is 136 Å². The number of hydrogen-bond donors (Lipinski definition) is 3. The Hall–Kier alpha value is -2.70. The third kappa shape index (κ3) is 7.39. The van der Waals surface area contributed by atoms with Gasteiger partial charge in [0.05, 0.1) is 27.0 Å². The summed E-state index contributed by atoms with van der Waals surface area (Å²) in [4.78, 5) is 30.1. The fraction of sp³-hybridized carbons (Fsp3) is 0.621. The number of nitrogens with zero attached hydrogens (tertiary/aromatic N) is 1. The smallest absolute Gasteiger partial charge is 0.411 e. The Kier molecular flexibility index (Phi) is 8.78. The maximum Gasteiger partial charge on any atom is 0.411 e. The molecule has 3 aliphatic carbocycles. The number of carbonyl (C=O) groups is 2. The molecule has 3 aliphatic rings. The average Bonchev–Trinajstić information content (AvgIpc) is 3.33. The molecule has 0 atom stereocenters. The molecule has 2 amide bonds. The first-order chi connectivity index (χ1) is 19.0. The van der Waals surface area contributed by atoms with Gasteiger partial charge in [-0.3, -0.25) is 5.32 Å². The molecule has 226 valence electrons. The van der Waals surface area contributed by atoms with Crippen molar-refractivity contribution in [1.29, 1.82) is 0 Å². The van der Waals surface area contributed by atoms with Gasteiger partial charge in [-0.15, -0.1) is 11.3 Å². The maximum absolute atomic E-state index is 13.6. The second-order valence-electron chi connectivity index (χ2n) is 12.8. The van der Waals surface area contributed by atoms with Gasteiger partial charge < -0.3 is 14.8 Å². The van der Waals surface area contributed by atoms with E-state index >= 15 is 0 Å². The zero-order chi connectivity index (χ0) is 30.2. The van der Waals surface area contributed by atoms with Crippen LogP contribution in [0.3, 0.4) is 0 Å². The van der Waals surface area contributed by atoms with E-state index in [0.29, 0.717) is 11.3 Å². The van der Waals surface area contributed by atoms with Gasteiger partial charge >= 0.3 is 12.2 Å². The molecule has 3 N–H and O–H groups in total. The monoisotopic (exact) mass is 606 g/mol. The van der Waals surface area contributed by atoms with Gasteiger partial charge in [-0.1, -0.05) is 6.07 Å². The van der Waals surface area contributed by atoms with Gasteiger partial charge in [0.15, 0.2) is 0 Å². The Labute approximate surface area is 247 Å². The predicted molar refractivity (Wildman–Crippen MR) is 160 cm³/mol. The van der Waals surface area contributed by atoms with E-state index in [1.54, 1.807) is 52.9 Å². The standard InChI is InChI=1S/C29H42N4O6S2/c1-18(2)38-25(34)31-20-8-9-21(23(16-20)41(36,37)33-27(5,6)7)22-17-30-24(40-22)28-10-13-29(14-11-28,15-12-28)32-26(35)39-19(3)4/h8-9,16-19,33H,10-15H2,1-7H3,(H,31,34)(H,32,35). The zero-order valence-corrected chi connectivity index (χ0v) is 26.6. The highest BCUT2D eigenvalue weighted by atomic mass is 32.2. The molecule has 3 saturated carbocycles. The van der Waals surface area contributed by atoms with Crippen LogP contribution in [0.4, 0.5) is 15.3 Å². The quantitative estimate of drug-likeness (QED) is 0.320. The zero-order valence-electron chi connectivity index (χ0n) is 24.9. The number of sulfonamides is 1. The second-order valence-corrected chi connectivity index (χ2v) is 15.5. The summed E-state index contributed by atoms with van der Waals surface area (Å²) >= 11 is 1.51. The fourth-order valence-corrected chi connectivity index (χ4v) is 8.60. The number of thiazole rings is 1. The van der Waals surface area contributed by atoms with Gasteiger partial charge in [-0.2, -0.15) is 0 Å². The molecule has 12 heteroatoms. The van der Waals surface area contributed by atoms with Gasteiger partial charge in [-0.05, 0) is 99.1 Å². The highest BCUT2D eigenvalue weighted by Crippen LogP contribution is 2.55. The van der Waals surface area contributed by atoms with Crippen molar-refractivity contribution in [2.24, 2.45) is 0 Å². The van der Waals surface area contributed by atoms with Crippen LogP contribution in [0, 0.1) is 0 Å². The number of ether oxygens (including phenoxy) is 2. The van der Waals surface area contributed by atoms with Crippen molar-refractivity contribution in [2.75, 3.05) is 5.32 Å². The minimum absolute atomic E-state index is 0.0571. The molecule has 3 fully saturated rings. The van der Waals surface area contributed by atoms with Crippen LogP contribution in [-0.4, -0.2) is 48.9 Å². The number of hydrogen-bond acceptors (Lipinski definition) is 8. The first-order valence-corrected chi connectivity index (χ1v) is 16.4. The molecule has 5 rings (SSSR count). The Morgan fingerprint density at radius 1 is 0.951 bits per heavy atom. The number of aromatic nitrogens is 1. The molecular weight excluding hydrogens is 564 g/mol. The minimum atomic E-state index is -3.95. The summed E-state index contributed by atoms with van der Waals surface area (Å²) in [6.07, 6.45) is 5.44. The van der Waals surface area contributed by atoms with E-state index in [-0.39, 0.29) is 34.2 Å². The Balaban J connectivity index is 1.61. The van der Waals surface area contributed by atoms with Gasteiger partial charge in [0.1, 0.15) is 0 Å². The highest BCUT2D eigenvalue weighted by molar-refractivity contribution is 7.89. The summed E-state index contributed by atoms with van der Waals surface area (Å²) in [5, 5.41) is 6.75. The van der Waals surface area contributed by atoms with Crippen molar-refractivity contribution in [2.45, 2.75) is 121 Å². The van der Waals surface area contributed by atoms with E-state index in [4.69, 9.17) is 14.5 Å².